The molecule has 3 aromatic rings. The molecule has 142 valence electrons. The van der Waals surface area contributed by atoms with Crippen molar-refractivity contribution in [2.24, 2.45) is 0 Å². The van der Waals surface area contributed by atoms with Crippen LogP contribution in [0.1, 0.15) is 15.9 Å². The molecular weight excluding hydrogens is 348 g/mol. The maximum Gasteiger partial charge on any atom is 0.254 e. The molecule has 1 fully saturated rings. The summed E-state index contributed by atoms with van der Waals surface area (Å²) in [4.78, 5) is 17.2. The lowest BCUT2D eigenvalue weighted by Gasteiger charge is -2.34. The maximum absolute atomic E-state index is 12.9. The van der Waals surface area contributed by atoms with Crippen molar-refractivity contribution in [2.45, 2.75) is 0 Å². The van der Waals surface area contributed by atoms with E-state index >= 15 is 0 Å². The van der Waals surface area contributed by atoms with Crippen LogP contribution in [0.2, 0.25) is 0 Å². The molecule has 4 rings (SSSR count). The highest BCUT2D eigenvalue weighted by Gasteiger charge is 2.21. The van der Waals surface area contributed by atoms with Crippen LogP contribution >= 0.6 is 0 Å². The van der Waals surface area contributed by atoms with Crippen LogP contribution in [0.25, 0.3) is 11.8 Å². The monoisotopic (exact) mass is 372 g/mol. The van der Waals surface area contributed by atoms with Crippen molar-refractivity contribution in [1.82, 2.24) is 19.6 Å². The number of nitrogens with zero attached hydrogens (tertiary/aromatic N) is 4. The number of carbonyl (C=O) groups excluding carboxylic acids is 1. The Labute approximate surface area is 165 Å². The molecule has 0 spiro atoms. The van der Waals surface area contributed by atoms with Crippen molar-refractivity contribution >= 4 is 12.0 Å². The molecule has 1 aromatic heterocycles. The quantitative estimate of drug-likeness (QED) is 0.690. The summed E-state index contributed by atoms with van der Waals surface area (Å²) >= 11 is 0. The van der Waals surface area contributed by atoms with E-state index in [9.17, 15) is 4.79 Å². The summed E-state index contributed by atoms with van der Waals surface area (Å²) in [6, 6.07) is 19.9. The number of hydrogen-bond acceptors (Lipinski definition) is 3. The van der Waals surface area contributed by atoms with Gasteiger partial charge in [-0.3, -0.25) is 9.69 Å². The first-order valence-corrected chi connectivity index (χ1v) is 9.63. The highest BCUT2D eigenvalue weighted by atomic mass is 16.2. The SMILES string of the molecule is O=C(c1cccc(-n2cccn2)c1)N1CCN(C/C=C/c2ccccc2)CC1. The van der Waals surface area contributed by atoms with E-state index in [1.165, 1.54) is 5.56 Å². The van der Waals surface area contributed by atoms with E-state index in [0.717, 1.165) is 38.4 Å². The summed E-state index contributed by atoms with van der Waals surface area (Å²) in [5.41, 5.74) is 2.83. The first-order chi connectivity index (χ1) is 13.8. The topological polar surface area (TPSA) is 41.4 Å². The Bertz CT molecular complexity index is 926. The molecular formula is C23H24N4O. The molecule has 2 heterocycles. The van der Waals surface area contributed by atoms with Gasteiger partial charge < -0.3 is 4.90 Å². The first kappa shape index (κ1) is 18.2. The molecule has 0 bridgehead atoms. The number of rotatable bonds is 5. The Balaban J connectivity index is 1.32. The summed E-state index contributed by atoms with van der Waals surface area (Å²) in [7, 11) is 0. The second-order valence-electron chi connectivity index (χ2n) is 6.91. The number of carbonyl (C=O) groups is 1. The molecule has 5 nitrogen and oxygen atoms in total. The predicted octanol–water partition coefficient (Wildman–Crippen LogP) is 3.34. The minimum Gasteiger partial charge on any atom is -0.336 e. The van der Waals surface area contributed by atoms with Crippen LogP contribution in [-0.4, -0.2) is 58.2 Å². The van der Waals surface area contributed by atoms with Gasteiger partial charge in [0.15, 0.2) is 0 Å². The molecule has 1 aliphatic rings. The van der Waals surface area contributed by atoms with Crippen LogP contribution in [0.3, 0.4) is 0 Å². The molecule has 0 saturated carbocycles. The number of hydrogen-bond donors (Lipinski definition) is 0. The standard InChI is InChI=1S/C23H24N4O/c28-23(21-10-4-11-22(19-21)27-14-6-12-24-27)26-17-15-25(16-18-26)13-5-9-20-7-2-1-3-8-20/h1-12,14,19H,13,15-18H2/b9-5+. The van der Waals surface area contributed by atoms with Crippen LogP contribution in [0, 0.1) is 0 Å². The van der Waals surface area contributed by atoms with Gasteiger partial charge in [0, 0.05) is 50.7 Å². The zero-order valence-corrected chi connectivity index (χ0v) is 15.8. The molecule has 1 aliphatic heterocycles. The molecule has 0 radical (unpaired) electrons. The smallest absolute Gasteiger partial charge is 0.254 e. The molecule has 1 amide bonds. The lowest BCUT2D eigenvalue weighted by atomic mass is 10.1. The molecule has 5 heteroatoms. The summed E-state index contributed by atoms with van der Waals surface area (Å²) in [5, 5.41) is 4.24. The van der Waals surface area contributed by atoms with Crippen molar-refractivity contribution in [2.75, 3.05) is 32.7 Å². The number of aromatic nitrogens is 2. The predicted molar refractivity (Wildman–Crippen MR) is 111 cm³/mol. The summed E-state index contributed by atoms with van der Waals surface area (Å²) in [6.45, 7) is 4.20. The van der Waals surface area contributed by atoms with E-state index in [0.29, 0.717) is 5.56 Å². The van der Waals surface area contributed by atoms with Gasteiger partial charge in [-0.2, -0.15) is 5.10 Å². The second kappa shape index (κ2) is 8.67. The van der Waals surface area contributed by atoms with Gasteiger partial charge in [0.1, 0.15) is 0 Å². The molecule has 2 aromatic carbocycles. The lowest BCUT2D eigenvalue weighted by Crippen LogP contribution is -2.48. The maximum atomic E-state index is 12.9. The minimum atomic E-state index is 0.0912. The average Bonchev–Trinajstić information content (AvgIpc) is 3.30. The normalized spacial score (nSPS) is 15.2. The lowest BCUT2D eigenvalue weighted by molar-refractivity contribution is 0.0650. The molecule has 0 unspecified atom stereocenters. The van der Waals surface area contributed by atoms with Crippen molar-refractivity contribution < 1.29 is 4.79 Å². The summed E-state index contributed by atoms with van der Waals surface area (Å²) < 4.78 is 1.77. The van der Waals surface area contributed by atoms with Crippen molar-refractivity contribution in [1.29, 1.82) is 0 Å². The molecule has 28 heavy (non-hydrogen) atoms. The zero-order chi connectivity index (χ0) is 19.2. The van der Waals surface area contributed by atoms with Crippen molar-refractivity contribution in [3.63, 3.8) is 0 Å². The van der Waals surface area contributed by atoms with Crippen molar-refractivity contribution in [3.8, 4) is 5.69 Å². The van der Waals surface area contributed by atoms with Crippen LogP contribution in [0.4, 0.5) is 0 Å². The Morgan fingerprint density at radius 3 is 2.54 bits per heavy atom. The fourth-order valence-corrected chi connectivity index (χ4v) is 3.42. The van der Waals surface area contributed by atoms with E-state index in [2.05, 4.69) is 34.3 Å². The molecule has 0 N–H and O–H groups in total. The average molecular weight is 372 g/mol. The van der Waals surface area contributed by atoms with E-state index in [-0.39, 0.29) is 5.91 Å². The minimum absolute atomic E-state index is 0.0912. The highest BCUT2D eigenvalue weighted by molar-refractivity contribution is 5.94. The zero-order valence-electron chi connectivity index (χ0n) is 15.8. The van der Waals surface area contributed by atoms with Gasteiger partial charge in [-0.15, -0.1) is 0 Å². The van der Waals surface area contributed by atoms with Gasteiger partial charge in [-0.25, -0.2) is 4.68 Å². The van der Waals surface area contributed by atoms with Crippen LogP contribution in [0.5, 0.6) is 0 Å². The third-order valence-corrected chi connectivity index (χ3v) is 5.00. The van der Waals surface area contributed by atoms with Crippen LogP contribution in [-0.2, 0) is 0 Å². The largest absolute Gasteiger partial charge is 0.336 e. The van der Waals surface area contributed by atoms with Gasteiger partial charge in [0.25, 0.3) is 5.91 Å². The van der Waals surface area contributed by atoms with E-state index in [4.69, 9.17) is 0 Å². The van der Waals surface area contributed by atoms with Gasteiger partial charge in [-0.05, 0) is 29.8 Å². The van der Waals surface area contributed by atoms with Gasteiger partial charge in [0.05, 0.1) is 5.69 Å². The first-order valence-electron chi connectivity index (χ1n) is 9.63. The highest BCUT2D eigenvalue weighted by Crippen LogP contribution is 2.14. The van der Waals surface area contributed by atoms with Gasteiger partial charge in [-0.1, -0.05) is 48.6 Å². The number of benzene rings is 2. The van der Waals surface area contributed by atoms with E-state index in [1.54, 1.807) is 10.9 Å². The van der Waals surface area contributed by atoms with E-state index in [1.807, 2.05) is 59.6 Å². The van der Waals surface area contributed by atoms with Crippen LogP contribution < -0.4 is 0 Å². The van der Waals surface area contributed by atoms with Gasteiger partial charge in [0.2, 0.25) is 0 Å². The Hall–Kier alpha value is -3.18. The Morgan fingerprint density at radius 2 is 1.79 bits per heavy atom. The molecule has 1 saturated heterocycles. The number of piperazine rings is 1. The number of amides is 1. The van der Waals surface area contributed by atoms with Crippen molar-refractivity contribution in [3.05, 3.63) is 90.3 Å². The third kappa shape index (κ3) is 4.38. The molecule has 0 atom stereocenters. The second-order valence-corrected chi connectivity index (χ2v) is 6.91. The van der Waals surface area contributed by atoms with E-state index < -0.39 is 0 Å². The third-order valence-electron chi connectivity index (χ3n) is 5.00. The summed E-state index contributed by atoms with van der Waals surface area (Å²) in [5.74, 6) is 0.0912. The van der Waals surface area contributed by atoms with Gasteiger partial charge >= 0.3 is 0 Å². The Morgan fingerprint density at radius 1 is 0.964 bits per heavy atom. The van der Waals surface area contributed by atoms with Crippen LogP contribution in [0.15, 0.2) is 79.1 Å². The fourth-order valence-electron chi connectivity index (χ4n) is 3.42. The Kier molecular flexibility index (Phi) is 5.64. The fraction of sp³-hybridized carbons (Fsp3) is 0.217. The summed E-state index contributed by atoms with van der Waals surface area (Å²) in [6.07, 6.45) is 7.96. The molecule has 0 aliphatic carbocycles.